The lowest BCUT2D eigenvalue weighted by Crippen LogP contribution is -2.40. The summed E-state index contributed by atoms with van der Waals surface area (Å²) in [6.07, 6.45) is 6.01. The van der Waals surface area contributed by atoms with Crippen LogP contribution in [0, 0.1) is 0 Å². The fourth-order valence-electron chi connectivity index (χ4n) is 3.12. The van der Waals surface area contributed by atoms with Gasteiger partial charge in [-0.2, -0.15) is 0 Å². The van der Waals surface area contributed by atoms with Crippen molar-refractivity contribution in [2.45, 2.75) is 38.3 Å². The van der Waals surface area contributed by atoms with Crippen LogP contribution in [0.4, 0.5) is 0 Å². The van der Waals surface area contributed by atoms with Crippen LogP contribution in [-0.2, 0) is 11.3 Å². The van der Waals surface area contributed by atoms with Crippen molar-refractivity contribution < 1.29 is 9.90 Å². The van der Waals surface area contributed by atoms with Crippen molar-refractivity contribution in [1.82, 2.24) is 9.88 Å². The zero-order valence-electron chi connectivity index (χ0n) is 11.5. The van der Waals surface area contributed by atoms with Crippen molar-refractivity contribution in [3.8, 4) is 0 Å². The third-order valence-electron chi connectivity index (χ3n) is 4.20. The Balaban J connectivity index is 1.85. The lowest BCUT2D eigenvalue weighted by molar-refractivity contribution is -0.143. The van der Waals surface area contributed by atoms with Crippen LogP contribution in [0.2, 0.25) is 0 Å². The molecule has 2 heterocycles. The van der Waals surface area contributed by atoms with Crippen LogP contribution < -0.4 is 0 Å². The number of H-pyrrole nitrogens is 1. The molecule has 4 nitrogen and oxygen atoms in total. The van der Waals surface area contributed by atoms with Gasteiger partial charge in [0, 0.05) is 23.6 Å². The fraction of sp³-hybridized carbons (Fsp3) is 0.438. The first-order valence-electron chi connectivity index (χ1n) is 7.27. The summed E-state index contributed by atoms with van der Waals surface area (Å²) in [5.41, 5.74) is 2.30. The first-order chi connectivity index (χ1) is 9.75. The van der Waals surface area contributed by atoms with E-state index in [1.54, 1.807) is 0 Å². The molecule has 106 valence electrons. The standard InChI is InChI=1S/C16H20N2O2/c19-16(20)15-8-2-1-5-9-18(15)11-12-10-17-14-7-4-3-6-13(12)14/h3-4,6-7,10,15,17H,1-2,5,8-9,11H2,(H,19,20). The SMILES string of the molecule is O=C(O)C1CCCCCN1Cc1c[nH]c2ccccc12. The van der Waals surface area contributed by atoms with E-state index in [1.807, 2.05) is 18.3 Å². The molecule has 20 heavy (non-hydrogen) atoms. The highest BCUT2D eigenvalue weighted by Crippen LogP contribution is 2.23. The first kappa shape index (κ1) is 13.2. The van der Waals surface area contributed by atoms with Gasteiger partial charge in [0.25, 0.3) is 0 Å². The molecule has 0 radical (unpaired) electrons. The molecule has 2 N–H and O–H groups in total. The Morgan fingerprint density at radius 3 is 3.00 bits per heavy atom. The van der Waals surface area contributed by atoms with E-state index < -0.39 is 5.97 Å². The molecule has 1 aromatic heterocycles. The molecule has 1 atom stereocenters. The van der Waals surface area contributed by atoms with Gasteiger partial charge in [0.2, 0.25) is 0 Å². The van der Waals surface area contributed by atoms with Gasteiger partial charge in [0.15, 0.2) is 0 Å². The number of nitrogens with zero attached hydrogens (tertiary/aromatic N) is 1. The lowest BCUT2D eigenvalue weighted by Gasteiger charge is -2.26. The van der Waals surface area contributed by atoms with Gasteiger partial charge in [-0.1, -0.05) is 31.0 Å². The van der Waals surface area contributed by atoms with Crippen molar-refractivity contribution in [2.75, 3.05) is 6.54 Å². The van der Waals surface area contributed by atoms with E-state index in [1.165, 1.54) is 10.9 Å². The maximum Gasteiger partial charge on any atom is 0.320 e. The molecule has 1 unspecified atom stereocenters. The van der Waals surface area contributed by atoms with Crippen LogP contribution in [-0.4, -0.2) is 33.5 Å². The summed E-state index contributed by atoms with van der Waals surface area (Å²) in [7, 11) is 0. The molecule has 1 aromatic carbocycles. The monoisotopic (exact) mass is 272 g/mol. The zero-order chi connectivity index (χ0) is 13.9. The van der Waals surface area contributed by atoms with Gasteiger partial charge in [0.05, 0.1) is 0 Å². The number of hydrogen-bond donors (Lipinski definition) is 2. The average molecular weight is 272 g/mol. The molecule has 0 spiro atoms. The molecule has 1 aliphatic heterocycles. The quantitative estimate of drug-likeness (QED) is 0.903. The molecule has 0 saturated carbocycles. The molecule has 0 aliphatic carbocycles. The van der Waals surface area contributed by atoms with Crippen LogP contribution in [0.15, 0.2) is 30.5 Å². The van der Waals surface area contributed by atoms with Gasteiger partial charge >= 0.3 is 5.97 Å². The van der Waals surface area contributed by atoms with E-state index in [4.69, 9.17) is 0 Å². The Kier molecular flexibility index (Phi) is 3.74. The second-order valence-corrected chi connectivity index (χ2v) is 5.53. The van der Waals surface area contributed by atoms with Crippen LogP contribution in [0.1, 0.15) is 31.2 Å². The third-order valence-corrected chi connectivity index (χ3v) is 4.20. The molecule has 1 aliphatic rings. The zero-order valence-corrected chi connectivity index (χ0v) is 11.5. The minimum atomic E-state index is -0.688. The topological polar surface area (TPSA) is 56.3 Å². The molecular formula is C16H20N2O2. The second-order valence-electron chi connectivity index (χ2n) is 5.53. The van der Waals surface area contributed by atoms with E-state index in [0.717, 1.165) is 37.7 Å². The lowest BCUT2D eigenvalue weighted by atomic mass is 10.1. The molecule has 0 bridgehead atoms. The average Bonchev–Trinajstić information content (AvgIpc) is 2.69. The maximum atomic E-state index is 11.5. The predicted molar refractivity (Wildman–Crippen MR) is 78.6 cm³/mol. The van der Waals surface area contributed by atoms with Gasteiger partial charge in [-0.3, -0.25) is 9.69 Å². The number of aromatic nitrogens is 1. The van der Waals surface area contributed by atoms with E-state index in [0.29, 0.717) is 6.54 Å². The Hall–Kier alpha value is -1.81. The molecule has 1 fully saturated rings. The number of carboxylic acid groups (broad SMARTS) is 1. The first-order valence-corrected chi connectivity index (χ1v) is 7.27. The summed E-state index contributed by atoms with van der Waals surface area (Å²) in [5, 5.41) is 10.6. The molecule has 4 heteroatoms. The number of carbonyl (C=O) groups is 1. The van der Waals surface area contributed by atoms with Crippen LogP contribution in [0.25, 0.3) is 10.9 Å². The second kappa shape index (κ2) is 5.67. The number of aromatic amines is 1. The molecule has 0 amide bonds. The summed E-state index contributed by atoms with van der Waals surface area (Å²) >= 11 is 0. The summed E-state index contributed by atoms with van der Waals surface area (Å²) in [5.74, 6) is -0.688. The van der Waals surface area contributed by atoms with E-state index >= 15 is 0 Å². The number of carboxylic acids is 1. The van der Waals surface area contributed by atoms with Crippen molar-refractivity contribution in [1.29, 1.82) is 0 Å². The minimum Gasteiger partial charge on any atom is -0.480 e. The van der Waals surface area contributed by atoms with Gasteiger partial charge < -0.3 is 10.1 Å². The highest BCUT2D eigenvalue weighted by Gasteiger charge is 2.27. The van der Waals surface area contributed by atoms with Crippen LogP contribution >= 0.6 is 0 Å². The van der Waals surface area contributed by atoms with Gasteiger partial charge in [-0.15, -0.1) is 0 Å². The van der Waals surface area contributed by atoms with E-state index in [9.17, 15) is 9.90 Å². The van der Waals surface area contributed by atoms with Gasteiger partial charge in [-0.25, -0.2) is 0 Å². The number of aliphatic carboxylic acids is 1. The van der Waals surface area contributed by atoms with E-state index in [2.05, 4.69) is 22.0 Å². The summed E-state index contributed by atoms with van der Waals surface area (Å²) < 4.78 is 0. The predicted octanol–water partition coefficient (Wildman–Crippen LogP) is 3.00. The molecule has 1 saturated heterocycles. The number of rotatable bonds is 3. The van der Waals surface area contributed by atoms with Crippen molar-refractivity contribution >= 4 is 16.9 Å². The highest BCUT2D eigenvalue weighted by atomic mass is 16.4. The summed E-state index contributed by atoms with van der Waals surface area (Å²) in [6, 6.07) is 7.84. The Morgan fingerprint density at radius 1 is 1.30 bits per heavy atom. The van der Waals surface area contributed by atoms with Crippen molar-refractivity contribution in [3.05, 3.63) is 36.0 Å². The van der Waals surface area contributed by atoms with E-state index in [-0.39, 0.29) is 6.04 Å². The Labute approximate surface area is 118 Å². The normalized spacial score (nSPS) is 20.9. The molecular weight excluding hydrogens is 252 g/mol. The number of nitrogens with one attached hydrogen (secondary N) is 1. The number of para-hydroxylation sites is 1. The third kappa shape index (κ3) is 2.56. The summed E-state index contributed by atoms with van der Waals surface area (Å²) in [4.78, 5) is 16.8. The van der Waals surface area contributed by atoms with Crippen LogP contribution in [0.3, 0.4) is 0 Å². The maximum absolute atomic E-state index is 11.5. The number of hydrogen-bond acceptors (Lipinski definition) is 2. The van der Waals surface area contributed by atoms with Crippen molar-refractivity contribution in [3.63, 3.8) is 0 Å². The smallest absolute Gasteiger partial charge is 0.320 e. The number of fused-ring (bicyclic) bond motifs is 1. The molecule has 2 aromatic rings. The Bertz CT molecular complexity index is 605. The van der Waals surface area contributed by atoms with Crippen molar-refractivity contribution in [2.24, 2.45) is 0 Å². The number of likely N-dealkylation sites (tertiary alicyclic amines) is 1. The minimum absolute atomic E-state index is 0.342. The Morgan fingerprint density at radius 2 is 2.15 bits per heavy atom. The largest absolute Gasteiger partial charge is 0.480 e. The summed E-state index contributed by atoms with van der Waals surface area (Å²) in [6.45, 7) is 1.58. The highest BCUT2D eigenvalue weighted by molar-refractivity contribution is 5.83. The number of benzene rings is 1. The van der Waals surface area contributed by atoms with Gasteiger partial charge in [0.1, 0.15) is 6.04 Å². The fourth-order valence-corrected chi connectivity index (χ4v) is 3.12. The van der Waals surface area contributed by atoms with Crippen LogP contribution in [0.5, 0.6) is 0 Å². The molecule has 3 rings (SSSR count). The van der Waals surface area contributed by atoms with Gasteiger partial charge in [-0.05, 0) is 31.0 Å².